The lowest BCUT2D eigenvalue weighted by atomic mass is 10.2. The second kappa shape index (κ2) is 10.9. The fraction of sp³-hybridized carbons (Fsp3) is 0.350. The number of hydrogen-bond acceptors (Lipinski definition) is 9. The van der Waals surface area contributed by atoms with Crippen LogP contribution in [-0.2, 0) is 4.79 Å². The van der Waals surface area contributed by atoms with Gasteiger partial charge in [-0.15, -0.1) is 11.8 Å². The summed E-state index contributed by atoms with van der Waals surface area (Å²) in [5.74, 6) is -0.317. The molecule has 0 aliphatic heterocycles. The summed E-state index contributed by atoms with van der Waals surface area (Å²) in [7, 11) is 0. The standard InChI is InChI=1S/C20H24N6O3S2/c1-12(8-22-19-23-10-14(30-2)11-24-19)9-25-20-26-15-4-3-13(7-16(15)31-20)18(29)21-6-5-17(27)28/h3-4,7,10-12H,5-6,8-9H2,1-2H3,(H,21,29)(H,25,26)(H,27,28)(H,22,23,24)/t12-/m0/s1. The third-order valence-electron chi connectivity index (χ3n) is 4.35. The van der Waals surface area contributed by atoms with Crippen LogP contribution < -0.4 is 16.0 Å². The molecule has 3 aromatic rings. The Morgan fingerprint density at radius 3 is 2.65 bits per heavy atom. The van der Waals surface area contributed by atoms with Crippen LogP contribution in [0.25, 0.3) is 10.2 Å². The molecule has 9 nitrogen and oxygen atoms in total. The molecule has 31 heavy (non-hydrogen) atoms. The molecule has 11 heteroatoms. The lowest BCUT2D eigenvalue weighted by Crippen LogP contribution is -2.25. The number of hydrogen-bond donors (Lipinski definition) is 4. The van der Waals surface area contributed by atoms with Crippen molar-refractivity contribution >= 4 is 56.3 Å². The zero-order valence-corrected chi connectivity index (χ0v) is 18.8. The van der Waals surface area contributed by atoms with Crippen LogP contribution in [0.1, 0.15) is 23.7 Å². The second-order valence-corrected chi connectivity index (χ2v) is 8.82. The first-order chi connectivity index (χ1) is 14.9. The maximum Gasteiger partial charge on any atom is 0.305 e. The molecular formula is C20H24N6O3S2. The lowest BCUT2D eigenvalue weighted by molar-refractivity contribution is -0.136. The molecule has 0 spiro atoms. The Morgan fingerprint density at radius 2 is 1.94 bits per heavy atom. The van der Waals surface area contributed by atoms with Crippen LogP contribution >= 0.6 is 23.1 Å². The van der Waals surface area contributed by atoms with Gasteiger partial charge in [-0.25, -0.2) is 15.0 Å². The lowest BCUT2D eigenvalue weighted by Gasteiger charge is -2.13. The van der Waals surface area contributed by atoms with Crippen molar-refractivity contribution in [3.63, 3.8) is 0 Å². The van der Waals surface area contributed by atoms with Gasteiger partial charge in [0.05, 0.1) is 16.6 Å². The Labute approximate surface area is 188 Å². The fourth-order valence-electron chi connectivity index (χ4n) is 2.64. The average Bonchev–Trinajstić information content (AvgIpc) is 3.18. The van der Waals surface area contributed by atoms with E-state index in [1.807, 2.05) is 6.26 Å². The summed E-state index contributed by atoms with van der Waals surface area (Å²) in [5.41, 5.74) is 1.29. The predicted octanol–water partition coefficient (Wildman–Crippen LogP) is 3.17. The zero-order chi connectivity index (χ0) is 22.2. The highest BCUT2D eigenvalue weighted by Crippen LogP contribution is 2.27. The van der Waals surface area contributed by atoms with E-state index in [0.29, 0.717) is 17.4 Å². The van der Waals surface area contributed by atoms with E-state index < -0.39 is 5.97 Å². The van der Waals surface area contributed by atoms with Crippen molar-refractivity contribution in [2.75, 3.05) is 36.5 Å². The van der Waals surface area contributed by atoms with Gasteiger partial charge in [0, 0.05) is 42.5 Å². The van der Waals surface area contributed by atoms with Crippen LogP contribution in [0.15, 0.2) is 35.5 Å². The number of thiazole rings is 1. The molecule has 0 aliphatic carbocycles. The minimum Gasteiger partial charge on any atom is -0.481 e. The second-order valence-electron chi connectivity index (χ2n) is 6.91. The normalized spacial score (nSPS) is 11.8. The highest BCUT2D eigenvalue weighted by atomic mass is 32.2. The number of aliphatic carboxylic acids is 1. The van der Waals surface area contributed by atoms with E-state index in [9.17, 15) is 9.59 Å². The number of carbonyl (C=O) groups is 2. The van der Waals surface area contributed by atoms with Gasteiger partial charge in [-0.3, -0.25) is 9.59 Å². The van der Waals surface area contributed by atoms with Gasteiger partial charge in [0.1, 0.15) is 0 Å². The van der Waals surface area contributed by atoms with Crippen molar-refractivity contribution in [2.24, 2.45) is 5.92 Å². The Kier molecular flexibility index (Phi) is 8.01. The number of rotatable bonds is 11. The van der Waals surface area contributed by atoms with E-state index in [2.05, 4.69) is 37.8 Å². The first kappa shape index (κ1) is 22.8. The summed E-state index contributed by atoms with van der Waals surface area (Å²) in [6.07, 6.45) is 5.47. The maximum absolute atomic E-state index is 12.2. The molecule has 1 amide bonds. The summed E-state index contributed by atoms with van der Waals surface area (Å²) in [6, 6.07) is 5.26. The number of nitrogens with zero attached hydrogens (tertiary/aromatic N) is 3. The van der Waals surface area contributed by atoms with Crippen LogP contribution in [0.2, 0.25) is 0 Å². The zero-order valence-electron chi connectivity index (χ0n) is 17.2. The molecule has 1 aromatic carbocycles. The number of anilines is 2. The van der Waals surface area contributed by atoms with Crippen molar-refractivity contribution in [3.05, 3.63) is 36.2 Å². The number of carboxylic acid groups (broad SMARTS) is 1. The molecule has 2 heterocycles. The summed E-state index contributed by atoms with van der Waals surface area (Å²) in [6.45, 7) is 3.65. The van der Waals surface area contributed by atoms with E-state index in [1.54, 1.807) is 42.4 Å². The van der Waals surface area contributed by atoms with E-state index >= 15 is 0 Å². The van der Waals surface area contributed by atoms with E-state index in [0.717, 1.165) is 33.3 Å². The van der Waals surface area contributed by atoms with Gasteiger partial charge in [-0.2, -0.15) is 0 Å². The van der Waals surface area contributed by atoms with Gasteiger partial charge < -0.3 is 21.1 Å². The topological polar surface area (TPSA) is 129 Å². The monoisotopic (exact) mass is 460 g/mol. The van der Waals surface area contributed by atoms with Crippen LogP contribution in [0, 0.1) is 5.92 Å². The number of nitrogens with one attached hydrogen (secondary N) is 3. The molecule has 1 atom stereocenters. The van der Waals surface area contributed by atoms with Crippen LogP contribution in [0.5, 0.6) is 0 Å². The minimum atomic E-state index is -0.945. The number of carboxylic acids is 1. The SMILES string of the molecule is CSc1cnc(NC[C@H](C)CNc2nc3ccc(C(=O)NCCC(=O)O)cc3s2)nc1. The third-order valence-corrected chi connectivity index (χ3v) is 6.01. The van der Waals surface area contributed by atoms with Crippen molar-refractivity contribution in [1.82, 2.24) is 20.3 Å². The first-order valence-electron chi connectivity index (χ1n) is 9.69. The van der Waals surface area contributed by atoms with Gasteiger partial charge in [0.2, 0.25) is 5.95 Å². The Balaban J connectivity index is 1.50. The van der Waals surface area contributed by atoms with E-state index in [-0.39, 0.29) is 18.9 Å². The number of thioether (sulfide) groups is 1. The maximum atomic E-state index is 12.2. The molecule has 0 radical (unpaired) electrons. The molecule has 4 N–H and O–H groups in total. The summed E-state index contributed by atoms with van der Waals surface area (Å²) < 4.78 is 0.890. The predicted molar refractivity (Wildman–Crippen MR) is 124 cm³/mol. The first-order valence-corrected chi connectivity index (χ1v) is 11.7. The van der Waals surface area contributed by atoms with Crippen LogP contribution in [-0.4, -0.2) is 57.8 Å². The molecule has 0 unspecified atom stereocenters. The highest BCUT2D eigenvalue weighted by molar-refractivity contribution is 7.98. The molecule has 164 valence electrons. The molecular weight excluding hydrogens is 436 g/mol. The Hall–Kier alpha value is -2.92. The van der Waals surface area contributed by atoms with Crippen LogP contribution in [0.4, 0.5) is 11.1 Å². The molecule has 3 rings (SSSR count). The van der Waals surface area contributed by atoms with Crippen molar-refractivity contribution in [3.8, 4) is 0 Å². The molecule has 0 saturated carbocycles. The van der Waals surface area contributed by atoms with Gasteiger partial charge in [0.25, 0.3) is 5.91 Å². The third kappa shape index (κ3) is 6.79. The fourth-order valence-corrected chi connectivity index (χ4v) is 3.87. The van der Waals surface area contributed by atoms with E-state index in [4.69, 9.17) is 5.11 Å². The van der Waals surface area contributed by atoms with Crippen molar-refractivity contribution < 1.29 is 14.7 Å². The molecule has 0 fully saturated rings. The number of carbonyl (C=O) groups excluding carboxylic acids is 1. The quantitative estimate of drug-likeness (QED) is 0.319. The summed E-state index contributed by atoms with van der Waals surface area (Å²) >= 11 is 3.08. The van der Waals surface area contributed by atoms with E-state index in [1.165, 1.54) is 11.3 Å². The number of fused-ring (bicyclic) bond motifs is 1. The Morgan fingerprint density at radius 1 is 1.19 bits per heavy atom. The highest BCUT2D eigenvalue weighted by Gasteiger charge is 2.11. The minimum absolute atomic E-state index is 0.0976. The number of aromatic nitrogens is 3. The van der Waals surface area contributed by atoms with Crippen LogP contribution in [0.3, 0.4) is 0 Å². The molecule has 0 bridgehead atoms. The average molecular weight is 461 g/mol. The Bertz CT molecular complexity index is 1040. The number of benzene rings is 1. The van der Waals surface area contributed by atoms with Gasteiger partial charge in [-0.1, -0.05) is 18.3 Å². The van der Waals surface area contributed by atoms with Crippen molar-refractivity contribution in [2.45, 2.75) is 18.2 Å². The molecule has 0 aliphatic rings. The molecule has 2 aromatic heterocycles. The number of amides is 1. The summed E-state index contributed by atoms with van der Waals surface area (Å²) in [4.78, 5) is 36.9. The largest absolute Gasteiger partial charge is 0.481 e. The van der Waals surface area contributed by atoms with Gasteiger partial charge >= 0.3 is 5.97 Å². The van der Waals surface area contributed by atoms with Gasteiger partial charge in [-0.05, 0) is 30.4 Å². The summed E-state index contributed by atoms with van der Waals surface area (Å²) in [5, 5.41) is 18.6. The van der Waals surface area contributed by atoms with Gasteiger partial charge in [0.15, 0.2) is 5.13 Å². The van der Waals surface area contributed by atoms with Crippen molar-refractivity contribution in [1.29, 1.82) is 0 Å². The molecule has 0 saturated heterocycles. The smallest absolute Gasteiger partial charge is 0.305 e.